The number of ether oxygens (including phenoxy) is 1. The number of primary amides is 1. The van der Waals surface area contributed by atoms with Crippen LogP contribution in [-0.4, -0.2) is 30.9 Å². The van der Waals surface area contributed by atoms with E-state index in [1.165, 1.54) is 16.2 Å². The first-order valence-corrected chi connectivity index (χ1v) is 9.88. The second kappa shape index (κ2) is 9.66. The standard InChI is InChI=1S/C22H20N2O4S/c23-19(25)11-13-24(17-9-5-2-6-10-17)20(26)15-28-22(27)21-18(12-14-29-21)16-7-3-1-4-8-16/h1-10,12,14H,11,13,15H2,(H2,23,25). The molecule has 1 aromatic heterocycles. The Hall–Kier alpha value is -3.45. The molecule has 1 heterocycles. The van der Waals surface area contributed by atoms with Crippen molar-refractivity contribution in [3.63, 3.8) is 0 Å². The maximum atomic E-state index is 12.7. The Morgan fingerprint density at radius 3 is 2.24 bits per heavy atom. The molecule has 0 aliphatic rings. The molecule has 0 aliphatic heterocycles. The Bertz CT molecular complexity index is 986. The summed E-state index contributed by atoms with van der Waals surface area (Å²) in [6, 6.07) is 20.2. The maximum absolute atomic E-state index is 12.7. The van der Waals surface area contributed by atoms with E-state index in [2.05, 4.69) is 0 Å². The van der Waals surface area contributed by atoms with Gasteiger partial charge in [0, 0.05) is 24.2 Å². The first kappa shape index (κ1) is 20.3. The van der Waals surface area contributed by atoms with Crippen LogP contribution in [0.4, 0.5) is 5.69 Å². The zero-order valence-electron chi connectivity index (χ0n) is 15.6. The minimum Gasteiger partial charge on any atom is -0.451 e. The minimum atomic E-state index is -0.560. The molecule has 6 nitrogen and oxygen atoms in total. The van der Waals surface area contributed by atoms with Crippen molar-refractivity contribution < 1.29 is 19.1 Å². The van der Waals surface area contributed by atoms with Gasteiger partial charge in [-0.2, -0.15) is 0 Å². The van der Waals surface area contributed by atoms with E-state index in [9.17, 15) is 14.4 Å². The van der Waals surface area contributed by atoms with Gasteiger partial charge in [0.1, 0.15) is 4.88 Å². The molecule has 0 fully saturated rings. The van der Waals surface area contributed by atoms with Crippen LogP contribution in [0.2, 0.25) is 0 Å². The molecule has 3 rings (SSSR count). The molecule has 2 amide bonds. The molecular weight excluding hydrogens is 388 g/mol. The van der Waals surface area contributed by atoms with Crippen LogP contribution in [0, 0.1) is 0 Å². The Balaban J connectivity index is 1.69. The highest BCUT2D eigenvalue weighted by Crippen LogP contribution is 2.28. The molecule has 0 atom stereocenters. The fourth-order valence-electron chi connectivity index (χ4n) is 2.81. The van der Waals surface area contributed by atoms with Crippen molar-refractivity contribution in [3.05, 3.63) is 77.0 Å². The fourth-order valence-corrected chi connectivity index (χ4v) is 3.62. The van der Waals surface area contributed by atoms with Crippen molar-refractivity contribution >= 4 is 34.8 Å². The summed E-state index contributed by atoms with van der Waals surface area (Å²) >= 11 is 1.26. The fraction of sp³-hybridized carbons (Fsp3) is 0.136. The van der Waals surface area contributed by atoms with Gasteiger partial charge in [0.25, 0.3) is 5.91 Å². The van der Waals surface area contributed by atoms with Crippen LogP contribution in [0.15, 0.2) is 72.1 Å². The number of esters is 1. The zero-order valence-corrected chi connectivity index (χ0v) is 16.4. The average Bonchev–Trinajstić information content (AvgIpc) is 3.23. The van der Waals surface area contributed by atoms with Crippen molar-refractivity contribution in [1.29, 1.82) is 0 Å². The van der Waals surface area contributed by atoms with E-state index >= 15 is 0 Å². The largest absolute Gasteiger partial charge is 0.451 e. The van der Waals surface area contributed by atoms with Gasteiger partial charge in [-0.1, -0.05) is 48.5 Å². The number of carbonyl (C=O) groups excluding carboxylic acids is 3. The van der Waals surface area contributed by atoms with Gasteiger partial charge in [-0.15, -0.1) is 11.3 Å². The Labute approximate surface area is 172 Å². The lowest BCUT2D eigenvalue weighted by Gasteiger charge is -2.22. The highest BCUT2D eigenvalue weighted by molar-refractivity contribution is 7.12. The summed E-state index contributed by atoms with van der Waals surface area (Å²) in [5.41, 5.74) is 7.49. The highest BCUT2D eigenvalue weighted by Gasteiger charge is 2.21. The molecule has 0 unspecified atom stereocenters. The van der Waals surface area contributed by atoms with Gasteiger partial charge >= 0.3 is 5.97 Å². The monoisotopic (exact) mass is 408 g/mol. The summed E-state index contributed by atoms with van der Waals surface area (Å²) in [5, 5.41) is 1.81. The van der Waals surface area contributed by atoms with Crippen LogP contribution in [0.1, 0.15) is 16.1 Å². The molecule has 0 aliphatic carbocycles. The molecule has 0 bridgehead atoms. The lowest BCUT2D eigenvalue weighted by molar-refractivity contribution is -0.121. The van der Waals surface area contributed by atoms with Gasteiger partial charge in [-0.25, -0.2) is 4.79 Å². The van der Waals surface area contributed by atoms with Gasteiger partial charge in [0.05, 0.1) is 0 Å². The molecule has 2 N–H and O–H groups in total. The lowest BCUT2D eigenvalue weighted by atomic mass is 10.1. The molecule has 0 saturated heterocycles. The highest BCUT2D eigenvalue weighted by atomic mass is 32.1. The van der Waals surface area contributed by atoms with E-state index in [0.29, 0.717) is 10.6 Å². The number of thiophene rings is 1. The zero-order chi connectivity index (χ0) is 20.6. The maximum Gasteiger partial charge on any atom is 0.349 e. The lowest BCUT2D eigenvalue weighted by Crippen LogP contribution is -2.37. The van der Waals surface area contributed by atoms with Gasteiger partial charge in [0.2, 0.25) is 5.91 Å². The van der Waals surface area contributed by atoms with E-state index in [4.69, 9.17) is 10.5 Å². The van der Waals surface area contributed by atoms with E-state index in [1.807, 2.05) is 47.8 Å². The van der Waals surface area contributed by atoms with Crippen LogP contribution < -0.4 is 10.6 Å². The Morgan fingerprint density at radius 1 is 0.931 bits per heavy atom. The topological polar surface area (TPSA) is 89.7 Å². The number of nitrogens with two attached hydrogens (primary N) is 1. The number of nitrogens with zero attached hydrogens (tertiary/aromatic N) is 1. The van der Waals surface area contributed by atoms with Crippen LogP contribution in [0.25, 0.3) is 11.1 Å². The van der Waals surface area contributed by atoms with E-state index in [0.717, 1.165) is 11.1 Å². The molecular formula is C22H20N2O4S. The van der Waals surface area contributed by atoms with Crippen LogP contribution >= 0.6 is 11.3 Å². The van der Waals surface area contributed by atoms with E-state index in [-0.39, 0.29) is 13.0 Å². The molecule has 2 aromatic carbocycles. The second-order valence-corrected chi connectivity index (χ2v) is 7.12. The molecule has 148 valence electrons. The number of para-hydroxylation sites is 1. The number of carbonyl (C=O) groups is 3. The van der Waals surface area contributed by atoms with Crippen molar-refractivity contribution in [2.24, 2.45) is 5.73 Å². The molecule has 0 saturated carbocycles. The first-order valence-electron chi connectivity index (χ1n) is 9.00. The van der Waals surface area contributed by atoms with E-state index in [1.54, 1.807) is 24.3 Å². The summed E-state index contributed by atoms with van der Waals surface area (Å²) in [6.07, 6.45) is 0.0116. The van der Waals surface area contributed by atoms with Crippen molar-refractivity contribution in [1.82, 2.24) is 0 Å². The molecule has 7 heteroatoms. The number of anilines is 1. The summed E-state index contributed by atoms with van der Waals surface area (Å²) < 4.78 is 5.28. The predicted molar refractivity (Wildman–Crippen MR) is 113 cm³/mol. The average molecular weight is 408 g/mol. The number of rotatable bonds is 8. The minimum absolute atomic E-state index is 0.0116. The quantitative estimate of drug-likeness (QED) is 0.578. The van der Waals surface area contributed by atoms with Crippen molar-refractivity contribution in [2.75, 3.05) is 18.1 Å². The summed E-state index contributed by atoms with van der Waals surface area (Å²) in [4.78, 5) is 38.2. The van der Waals surface area contributed by atoms with Crippen LogP contribution in [-0.2, 0) is 14.3 Å². The Kier molecular flexibility index (Phi) is 6.76. The smallest absolute Gasteiger partial charge is 0.349 e. The van der Waals surface area contributed by atoms with Crippen molar-refractivity contribution in [3.8, 4) is 11.1 Å². The van der Waals surface area contributed by atoms with Gasteiger partial charge < -0.3 is 15.4 Å². The summed E-state index contributed by atoms with van der Waals surface area (Å²) in [7, 11) is 0. The van der Waals surface area contributed by atoms with Crippen LogP contribution in [0.3, 0.4) is 0 Å². The normalized spacial score (nSPS) is 10.3. The summed E-state index contributed by atoms with van der Waals surface area (Å²) in [6.45, 7) is -0.317. The Morgan fingerprint density at radius 2 is 1.59 bits per heavy atom. The van der Waals surface area contributed by atoms with Crippen molar-refractivity contribution in [2.45, 2.75) is 6.42 Å². The third-order valence-electron chi connectivity index (χ3n) is 4.21. The molecule has 0 radical (unpaired) electrons. The van der Waals surface area contributed by atoms with Crippen LogP contribution in [0.5, 0.6) is 0 Å². The van der Waals surface area contributed by atoms with E-state index < -0.39 is 24.4 Å². The molecule has 3 aromatic rings. The second-order valence-electron chi connectivity index (χ2n) is 6.20. The predicted octanol–water partition coefficient (Wildman–Crippen LogP) is 3.48. The van der Waals surface area contributed by atoms with Gasteiger partial charge in [-0.3, -0.25) is 9.59 Å². The SMILES string of the molecule is NC(=O)CCN(C(=O)COC(=O)c1sccc1-c1ccccc1)c1ccccc1. The number of hydrogen-bond donors (Lipinski definition) is 1. The first-order chi connectivity index (χ1) is 14.1. The number of hydrogen-bond acceptors (Lipinski definition) is 5. The third-order valence-corrected chi connectivity index (χ3v) is 5.11. The molecule has 29 heavy (non-hydrogen) atoms. The molecule has 0 spiro atoms. The third kappa shape index (κ3) is 5.30. The number of benzene rings is 2. The summed E-state index contributed by atoms with van der Waals surface area (Å²) in [5.74, 6) is -1.50. The van der Waals surface area contributed by atoms with Gasteiger partial charge in [-0.05, 0) is 29.1 Å². The number of amides is 2. The van der Waals surface area contributed by atoms with Gasteiger partial charge in [0.15, 0.2) is 6.61 Å².